The van der Waals surface area contributed by atoms with E-state index in [1.807, 2.05) is 18.2 Å². The molecule has 1 atom stereocenters. The van der Waals surface area contributed by atoms with Crippen LogP contribution < -0.4 is 10.1 Å². The van der Waals surface area contributed by atoms with Gasteiger partial charge in [-0.2, -0.15) is 0 Å². The third-order valence-corrected chi connectivity index (χ3v) is 5.04. The fourth-order valence-corrected chi connectivity index (χ4v) is 3.49. The third-order valence-electron chi connectivity index (χ3n) is 5.04. The predicted octanol–water partition coefficient (Wildman–Crippen LogP) is 2.46. The van der Waals surface area contributed by atoms with Gasteiger partial charge in [-0.3, -0.25) is 14.5 Å². The highest BCUT2D eigenvalue weighted by atomic mass is 16.5. The van der Waals surface area contributed by atoms with Crippen molar-refractivity contribution >= 4 is 11.7 Å². The van der Waals surface area contributed by atoms with Crippen molar-refractivity contribution < 1.29 is 19.1 Å². The predicted molar refractivity (Wildman–Crippen MR) is 111 cm³/mol. The molecule has 1 aliphatic heterocycles. The van der Waals surface area contributed by atoms with Crippen LogP contribution in [-0.2, 0) is 22.5 Å². The van der Waals surface area contributed by atoms with Crippen molar-refractivity contribution in [2.24, 2.45) is 0 Å². The summed E-state index contributed by atoms with van der Waals surface area (Å²) in [5, 5.41) is 2.95. The molecule has 2 aromatic rings. The van der Waals surface area contributed by atoms with Crippen molar-refractivity contribution in [3.63, 3.8) is 0 Å². The highest BCUT2D eigenvalue weighted by molar-refractivity contribution is 5.94. The molecule has 1 aliphatic rings. The van der Waals surface area contributed by atoms with E-state index in [1.54, 1.807) is 25.3 Å². The topological polar surface area (TPSA) is 67.9 Å². The number of ketones is 1. The van der Waals surface area contributed by atoms with Gasteiger partial charge in [0.2, 0.25) is 5.91 Å². The summed E-state index contributed by atoms with van der Waals surface area (Å²) in [4.78, 5) is 26.4. The van der Waals surface area contributed by atoms with Crippen molar-refractivity contribution in [2.45, 2.75) is 26.0 Å². The van der Waals surface area contributed by atoms with E-state index < -0.39 is 0 Å². The minimum absolute atomic E-state index is 0.0385. The van der Waals surface area contributed by atoms with Gasteiger partial charge in [-0.1, -0.05) is 30.3 Å². The Balaban J connectivity index is 1.51. The molecule has 1 heterocycles. The summed E-state index contributed by atoms with van der Waals surface area (Å²) in [6.45, 7) is 5.16. The Kier molecular flexibility index (Phi) is 7.38. The number of nitrogens with zero attached hydrogens (tertiary/aromatic N) is 1. The number of carbonyl (C=O) groups is 2. The molecule has 1 saturated heterocycles. The zero-order valence-electron chi connectivity index (χ0n) is 17.0. The summed E-state index contributed by atoms with van der Waals surface area (Å²) in [6, 6.07) is 15.5. The maximum absolute atomic E-state index is 12.5. The molecule has 1 unspecified atom stereocenters. The Morgan fingerprint density at radius 2 is 2.00 bits per heavy atom. The van der Waals surface area contributed by atoms with E-state index in [1.165, 1.54) is 12.5 Å². The molecule has 1 N–H and O–H groups in total. The molecule has 6 nitrogen and oxygen atoms in total. The number of carbonyl (C=O) groups excluding carboxylic acids is 2. The number of hydrogen-bond acceptors (Lipinski definition) is 5. The molecule has 1 fully saturated rings. The van der Waals surface area contributed by atoms with Crippen LogP contribution in [0.3, 0.4) is 0 Å². The Labute approximate surface area is 171 Å². The van der Waals surface area contributed by atoms with Crippen molar-refractivity contribution in [2.75, 3.05) is 33.4 Å². The molecular formula is C23H28N2O4. The van der Waals surface area contributed by atoms with Crippen molar-refractivity contribution in [3.05, 3.63) is 65.2 Å². The van der Waals surface area contributed by atoms with E-state index in [0.29, 0.717) is 30.0 Å². The number of amides is 1. The number of Topliss-reactive ketones (excluding diaryl/α,β-unsaturated/α-hetero) is 1. The van der Waals surface area contributed by atoms with Gasteiger partial charge in [-0.05, 0) is 30.7 Å². The number of morpholine rings is 1. The molecule has 1 amide bonds. The largest absolute Gasteiger partial charge is 0.496 e. The van der Waals surface area contributed by atoms with Gasteiger partial charge < -0.3 is 14.8 Å². The van der Waals surface area contributed by atoms with Crippen LogP contribution in [0, 0.1) is 0 Å². The van der Waals surface area contributed by atoms with Gasteiger partial charge in [0, 0.05) is 37.3 Å². The van der Waals surface area contributed by atoms with Crippen LogP contribution in [0.4, 0.5) is 0 Å². The van der Waals surface area contributed by atoms with E-state index in [2.05, 4.69) is 22.3 Å². The lowest BCUT2D eigenvalue weighted by Gasteiger charge is -2.33. The SMILES string of the molecule is COc1ccc(C(C)=O)cc1CC(=O)NCC1CN(Cc2ccccc2)CCO1. The van der Waals surface area contributed by atoms with Crippen LogP contribution >= 0.6 is 0 Å². The quantitative estimate of drug-likeness (QED) is 0.695. The van der Waals surface area contributed by atoms with E-state index in [0.717, 1.165) is 19.6 Å². The van der Waals surface area contributed by atoms with Crippen LogP contribution in [0.15, 0.2) is 48.5 Å². The van der Waals surface area contributed by atoms with Crippen molar-refractivity contribution in [1.82, 2.24) is 10.2 Å². The fraction of sp³-hybridized carbons (Fsp3) is 0.391. The molecule has 29 heavy (non-hydrogen) atoms. The van der Waals surface area contributed by atoms with Gasteiger partial charge in [0.25, 0.3) is 0 Å². The minimum Gasteiger partial charge on any atom is -0.496 e. The number of hydrogen-bond donors (Lipinski definition) is 1. The second-order valence-electron chi connectivity index (χ2n) is 7.28. The maximum atomic E-state index is 12.5. The number of benzene rings is 2. The summed E-state index contributed by atoms with van der Waals surface area (Å²) < 4.78 is 11.1. The van der Waals surface area contributed by atoms with E-state index in [9.17, 15) is 9.59 Å². The van der Waals surface area contributed by atoms with Gasteiger partial charge in [-0.25, -0.2) is 0 Å². The molecule has 3 rings (SSSR count). The monoisotopic (exact) mass is 396 g/mol. The number of ether oxygens (including phenoxy) is 2. The Morgan fingerprint density at radius 1 is 1.21 bits per heavy atom. The number of methoxy groups -OCH3 is 1. The Morgan fingerprint density at radius 3 is 2.72 bits per heavy atom. The summed E-state index contributed by atoms with van der Waals surface area (Å²) in [7, 11) is 1.56. The molecule has 0 bridgehead atoms. The Bertz CT molecular complexity index is 838. The van der Waals surface area contributed by atoms with Gasteiger partial charge in [0.15, 0.2) is 5.78 Å². The van der Waals surface area contributed by atoms with E-state index >= 15 is 0 Å². The van der Waals surface area contributed by atoms with Crippen LogP contribution in [-0.4, -0.2) is 56.0 Å². The first-order valence-electron chi connectivity index (χ1n) is 9.87. The fourth-order valence-electron chi connectivity index (χ4n) is 3.49. The highest BCUT2D eigenvalue weighted by Crippen LogP contribution is 2.21. The molecule has 0 saturated carbocycles. The van der Waals surface area contributed by atoms with E-state index in [-0.39, 0.29) is 24.2 Å². The molecule has 2 aromatic carbocycles. The molecule has 0 aromatic heterocycles. The normalized spacial score (nSPS) is 17.0. The first-order chi connectivity index (χ1) is 14.0. The van der Waals surface area contributed by atoms with E-state index in [4.69, 9.17) is 9.47 Å². The second-order valence-corrected chi connectivity index (χ2v) is 7.28. The second kappa shape index (κ2) is 10.2. The number of rotatable bonds is 8. The first kappa shape index (κ1) is 21.0. The smallest absolute Gasteiger partial charge is 0.224 e. The lowest BCUT2D eigenvalue weighted by molar-refractivity contribution is -0.121. The molecule has 0 radical (unpaired) electrons. The van der Waals surface area contributed by atoms with Crippen LogP contribution in [0.1, 0.15) is 28.4 Å². The molecule has 6 heteroatoms. The molecular weight excluding hydrogens is 368 g/mol. The minimum atomic E-state index is -0.118. The van der Waals surface area contributed by atoms with Gasteiger partial charge in [-0.15, -0.1) is 0 Å². The van der Waals surface area contributed by atoms with Gasteiger partial charge in [0.1, 0.15) is 5.75 Å². The van der Waals surface area contributed by atoms with Crippen LogP contribution in [0.2, 0.25) is 0 Å². The van der Waals surface area contributed by atoms with Crippen molar-refractivity contribution in [3.8, 4) is 5.75 Å². The first-order valence-corrected chi connectivity index (χ1v) is 9.87. The zero-order chi connectivity index (χ0) is 20.6. The zero-order valence-corrected chi connectivity index (χ0v) is 17.0. The number of nitrogens with one attached hydrogen (secondary N) is 1. The van der Waals surface area contributed by atoms with Crippen molar-refractivity contribution in [1.29, 1.82) is 0 Å². The highest BCUT2D eigenvalue weighted by Gasteiger charge is 2.21. The molecule has 154 valence electrons. The molecule has 0 aliphatic carbocycles. The average molecular weight is 396 g/mol. The summed E-state index contributed by atoms with van der Waals surface area (Å²) in [5.74, 6) is 0.448. The lowest BCUT2D eigenvalue weighted by atomic mass is 10.0. The van der Waals surface area contributed by atoms with Gasteiger partial charge in [0.05, 0.1) is 26.2 Å². The van der Waals surface area contributed by atoms with Gasteiger partial charge >= 0.3 is 0 Å². The third kappa shape index (κ3) is 6.14. The summed E-state index contributed by atoms with van der Waals surface area (Å²) in [5.41, 5.74) is 2.54. The van der Waals surface area contributed by atoms with Crippen LogP contribution in [0.5, 0.6) is 5.75 Å². The van der Waals surface area contributed by atoms with Crippen LogP contribution in [0.25, 0.3) is 0 Å². The Hall–Kier alpha value is -2.70. The molecule has 0 spiro atoms. The average Bonchev–Trinajstić information content (AvgIpc) is 2.73. The maximum Gasteiger partial charge on any atom is 0.224 e. The summed E-state index contributed by atoms with van der Waals surface area (Å²) >= 11 is 0. The standard InChI is InChI=1S/C23H28N2O4/c1-17(26)19-8-9-22(28-2)20(12-19)13-23(27)24-14-21-16-25(10-11-29-21)15-18-6-4-3-5-7-18/h3-9,12,21H,10-11,13-16H2,1-2H3,(H,24,27). The lowest BCUT2D eigenvalue weighted by Crippen LogP contribution is -2.47. The summed E-state index contributed by atoms with van der Waals surface area (Å²) in [6.07, 6.45) is 0.118.